The molecular weight excluding hydrogens is 811 g/mol. The van der Waals surface area contributed by atoms with Crippen LogP contribution in [0.25, 0.3) is 11.1 Å². The number of β-lactam (4-membered cyclic amide) rings is 1. The number of aromatic nitrogens is 2. The lowest BCUT2D eigenvalue weighted by molar-refractivity contribution is -0.689. The summed E-state index contributed by atoms with van der Waals surface area (Å²) < 4.78 is 24.7. The number of benzene rings is 1. The normalized spacial score (nSPS) is 16.4. The van der Waals surface area contributed by atoms with Gasteiger partial charge < -0.3 is 29.1 Å². The molecule has 2 atom stereocenters. The fourth-order valence-electron chi connectivity index (χ4n) is 6.41. The maximum Gasteiger partial charge on any atom is 0.419 e. The van der Waals surface area contributed by atoms with Crippen molar-refractivity contribution in [2.45, 2.75) is 90.7 Å². The molecule has 2 aliphatic rings. The van der Waals surface area contributed by atoms with Gasteiger partial charge in [-0.25, -0.2) is 24.1 Å². The number of fused-ring (bicyclic) bond motifs is 1. The van der Waals surface area contributed by atoms with Gasteiger partial charge in [0.25, 0.3) is 11.8 Å². The van der Waals surface area contributed by atoms with Gasteiger partial charge >= 0.3 is 23.9 Å². The van der Waals surface area contributed by atoms with Crippen molar-refractivity contribution in [1.82, 2.24) is 14.8 Å². The number of carbonyl (C=O) groups excluding carboxylic acids is 6. The van der Waals surface area contributed by atoms with Crippen molar-refractivity contribution in [2.75, 3.05) is 20.0 Å². The SMILES string of the molecule is CO/N=C(\CC(=O)OC(C)(C)C)C(=O)NC1C(=O)N2C(C(=O)OCc3ccc(OC)cc3)=C(C[n+]3ccc(-c4cn(C(=O)OC(C)(C)C)c(C(=O)N=C=N)c4C)cc3)CSC12. The standard InChI is InChI=1S/C42H47N7O11S/c1-24-29(20-48(33(24)36(52)44-23-43)40(55)60-42(5,6)7)26-14-16-47(17-15-26)19-27-22-61-38-32(45-35(51)30(46-57-9)18-31(50)59-41(2,3)4)37(53)49(38)34(27)39(54)58-21-25-10-12-28(56-8)13-11-25/h10-17,20,32,38,43H,18-19,21-22H2,1-9H3/p+1/b46-30+. The zero-order valence-electron chi connectivity index (χ0n) is 35.3. The Labute approximate surface area is 356 Å². The molecule has 2 aliphatic heterocycles. The molecule has 0 spiro atoms. The molecule has 0 radical (unpaired) electrons. The molecular formula is C42H48N7O11S+. The summed E-state index contributed by atoms with van der Waals surface area (Å²) in [6.07, 6.45) is 3.65. The highest BCUT2D eigenvalue weighted by Gasteiger charge is 2.55. The van der Waals surface area contributed by atoms with Crippen molar-refractivity contribution >= 4 is 59.2 Å². The number of nitrogens with zero attached hydrogens (tertiary/aromatic N) is 5. The second kappa shape index (κ2) is 18.8. The van der Waals surface area contributed by atoms with Crippen LogP contribution in [-0.2, 0) is 51.4 Å². The fourth-order valence-corrected chi connectivity index (χ4v) is 7.75. The largest absolute Gasteiger partial charge is 0.497 e. The summed E-state index contributed by atoms with van der Waals surface area (Å²) in [4.78, 5) is 89.2. The summed E-state index contributed by atoms with van der Waals surface area (Å²) in [5, 5.41) is 12.8. The summed E-state index contributed by atoms with van der Waals surface area (Å²) in [6, 6.07) is 11.1. The van der Waals surface area contributed by atoms with E-state index in [0.717, 1.165) is 4.57 Å². The first kappa shape index (κ1) is 45.5. The lowest BCUT2D eigenvalue weighted by Gasteiger charge is -2.49. The van der Waals surface area contributed by atoms with Gasteiger partial charge in [0.1, 0.15) is 53.5 Å². The summed E-state index contributed by atoms with van der Waals surface area (Å²) in [6.45, 7) is 11.8. The van der Waals surface area contributed by atoms with Crippen LogP contribution in [0, 0.1) is 12.3 Å². The number of methoxy groups -OCH3 is 1. The van der Waals surface area contributed by atoms with Crippen LogP contribution in [0.15, 0.2) is 76.4 Å². The number of amides is 3. The van der Waals surface area contributed by atoms with Crippen LogP contribution < -0.4 is 14.6 Å². The molecule has 3 aromatic rings. The van der Waals surface area contributed by atoms with Crippen LogP contribution in [-0.4, -0.2) is 99.5 Å². The van der Waals surface area contributed by atoms with Crippen LogP contribution in [0.3, 0.4) is 0 Å². The molecule has 2 aromatic heterocycles. The van der Waals surface area contributed by atoms with E-state index in [1.54, 1.807) is 108 Å². The third kappa shape index (κ3) is 11.0. The zero-order valence-corrected chi connectivity index (χ0v) is 36.1. The van der Waals surface area contributed by atoms with Crippen LogP contribution in [0.5, 0.6) is 5.75 Å². The number of nitrogens with one attached hydrogen (secondary N) is 2. The van der Waals surface area contributed by atoms with Crippen LogP contribution >= 0.6 is 11.8 Å². The number of pyridine rings is 1. The van der Waals surface area contributed by atoms with E-state index in [9.17, 15) is 28.8 Å². The lowest BCUT2D eigenvalue weighted by Crippen LogP contribution is -2.71. The number of hydrogen-bond donors (Lipinski definition) is 2. The van der Waals surface area contributed by atoms with Crippen LogP contribution in [0.4, 0.5) is 4.79 Å². The first-order valence-electron chi connectivity index (χ1n) is 19.0. The van der Waals surface area contributed by atoms with E-state index < -0.39 is 64.8 Å². The maximum absolute atomic E-state index is 14.0. The predicted octanol–water partition coefficient (Wildman–Crippen LogP) is 4.57. The molecule has 1 aromatic carbocycles. The highest BCUT2D eigenvalue weighted by atomic mass is 32.2. The van der Waals surface area contributed by atoms with Crippen molar-refractivity contribution in [2.24, 2.45) is 10.1 Å². The number of rotatable bonds is 13. The van der Waals surface area contributed by atoms with E-state index >= 15 is 0 Å². The minimum Gasteiger partial charge on any atom is -0.497 e. The Morgan fingerprint density at radius 1 is 0.984 bits per heavy atom. The van der Waals surface area contributed by atoms with E-state index in [1.165, 1.54) is 37.1 Å². The smallest absolute Gasteiger partial charge is 0.419 e. The fraction of sp³-hybridized carbons (Fsp3) is 0.405. The maximum atomic E-state index is 14.0. The van der Waals surface area contributed by atoms with E-state index in [-0.39, 0.29) is 36.0 Å². The van der Waals surface area contributed by atoms with Gasteiger partial charge in [-0.2, -0.15) is 0 Å². The number of aliphatic imine (C=N–C) groups is 1. The molecule has 322 valence electrons. The molecule has 2 N–H and O–H groups in total. The second-order valence-corrected chi connectivity index (χ2v) is 17.0. The van der Waals surface area contributed by atoms with Crippen molar-refractivity contribution in [3.8, 4) is 16.9 Å². The van der Waals surface area contributed by atoms with Gasteiger partial charge in [0, 0.05) is 35.2 Å². The van der Waals surface area contributed by atoms with Gasteiger partial charge in [-0.1, -0.05) is 17.3 Å². The summed E-state index contributed by atoms with van der Waals surface area (Å²) >= 11 is 1.33. The van der Waals surface area contributed by atoms with Crippen LogP contribution in [0.2, 0.25) is 0 Å². The number of thioether (sulfide) groups is 1. The van der Waals surface area contributed by atoms with E-state index in [2.05, 4.69) is 15.5 Å². The molecule has 2 unspecified atom stereocenters. The quantitative estimate of drug-likeness (QED) is 0.0603. The molecule has 61 heavy (non-hydrogen) atoms. The number of esters is 2. The Hall–Kier alpha value is -6.59. The zero-order chi connectivity index (χ0) is 44.8. The van der Waals surface area contributed by atoms with E-state index in [1.807, 2.05) is 0 Å². The molecule has 4 heterocycles. The number of hydrogen-bond acceptors (Lipinski definition) is 14. The highest BCUT2D eigenvalue weighted by Crippen LogP contribution is 2.41. The van der Waals surface area contributed by atoms with Crippen LogP contribution in [0.1, 0.15) is 69.6 Å². The Morgan fingerprint density at radius 2 is 1.64 bits per heavy atom. The van der Waals surface area contributed by atoms with Gasteiger partial charge in [0.15, 0.2) is 24.7 Å². The third-order valence-corrected chi connectivity index (χ3v) is 10.4. The summed E-state index contributed by atoms with van der Waals surface area (Å²) in [5.74, 6) is -2.78. The van der Waals surface area contributed by atoms with Gasteiger partial charge in [0.2, 0.25) is 0 Å². The molecule has 18 nitrogen and oxygen atoms in total. The summed E-state index contributed by atoms with van der Waals surface area (Å²) in [5.41, 5.74) is 0.840. The van der Waals surface area contributed by atoms with Crippen molar-refractivity contribution in [3.63, 3.8) is 0 Å². The van der Waals surface area contributed by atoms with Crippen molar-refractivity contribution < 1.29 is 57.1 Å². The average molecular weight is 859 g/mol. The van der Waals surface area contributed by atoms with Crippen molar-refractivity contribution in [1.29, 1.82) is 5.41 Å². The average Bonchev–Trinajstić information content (AvgIpc) is 3.54. The minimum absolute atomic E-state index is 0.0315. The highest BCUT2D eigenvalue weighted by molar-refractivity contribution is 8.00. The van der Waals surface area contributed by atoms with E-state index in [0.29, 0.717) is 33.6 Å². The first-order chi connectivity index (χ1) is 28.7. The molecule has 0 aliphatic carbocycles. The second-order valence-electron chi connectivity index (χ2n) is 15.9. The molecule has 3 amide bonds. The minimum atomic E-state index is -1.06. The number of oxime groups is 1. The lowest BCUT2D eigenvalue weighted by atomic mass is 10.0. The molecule has 0 bridgehead atoms. The Balaban J connectivity index is 1.42. The number of carbonyl (C=O) groups is 6. The van der Waals surface area contributed by atoms with Gasteiger partial charge in [0.05, 0.1) is 19.5 Å². The summed E-state index contributed by atoms with van der Waals surface area (Å²) in [7, 11) is 2.76. The van der Waals surface area contributed by atoms with E-state index in [4.69, 9.17) is 29.2 Å². The third-order valence-electron chi connectivity index (χ3n) is 9.04. The van der Waals surface area contributed by atoms with Crippen molar-refractivity contribution in [3.05, 3.63) is 83.1 Å². The number of ether oxygens (including phenoxy) is 4. The predicted molar refractivity (Wildman–Crippen MR) is 221 cm³/mol. The monoisotopic (exact) mass is 858 g/mol. The molecule has 19 heteroatoms. The molecule has 1 saturated heterocycles. The first-order valence-corrected chi connectivity index (χ1v) is 20.0. The molecule has 1 fully saturated rings. The van der Waals surface area contributed by atoms with Gasteiger partial charge in [-0.15, -0.1) is 16.8 Å². The Morgan fingerprint density at radius 3 is 2.23 bits per heavy atom. The van der Waals surface area contributed by atoms with Gasteiger partial charge in [-0.05, 0) is 77.3 Å². The topological polar surface area (TPSA) is 221 Å². The Bertz CT molecular complexity index is 2330. The molecule has 5 rings (SSSR count). The molecule has 0 saturated carbocycles. The Kier molecular flexibility index (Phi) is 14.0. The van der Waals surface area contributed by atoms with Gasteiger partial charge in [-0.3, -0.25) is 24.1 Å².